The summed E-state index contributed by atoms with van der Waals surface area (Å²) in [5.74, 6) is -4.54. The number of nitrogens with one attached hydrogen (secondary N) is 3. The van der Waals surface area contributed by atoms with Crippen molar-refractivity contribution in [2.45, 2.75) is 13.3 Å². The number of aliphatic carboxylic acids is 1. The minimum atomic E-state index is -1.71. The van der Waals surface area contributed by atoms with Crippen LogP contribution in [0.1, 0.15) is 13.3 Å². The average molecular weight is 316 g/mol. The highest BCUT2D eigenvalue weighted by atomic mass is 16.4. The SMILES string of the molecule is CCCNC(=O)CN(C)C(=O)CNC(=O)CNC(=O)C(=O)O. The molecule has 0 spiro atoms. The van der Waals surface area contributed by atoms with E-state index in [9.17, 15) is 24.0 Å². The van der Waals surface area contributed by atoms with Gasteiger partial charge in [-0.3, -0.25) is 19.2 Å². The molecule has 0 fully saturated rings. The van der Waals surface area contributed by atoms with E-state index in [2.05, 4.69) is 10.6 Å². The molecule has 0 aliphatic rings. The zero-order chi connectivity index (χ0) is 17.1. The van der Waals surface area contributed by atoms with Crippen LogP contribution in [-0.4, -0.2) is 72.8 Å². The Morgan fingerprint density at radius 1 is 0.955 bits per heavy atom. The molecular formula is C12H20N4O6. The lowest BCUT2D eigenvalue weighted by Gasteiger charge is -2.17. The Kier molecular flexibility index (Phi) is 8.91. The molecule has 0 aromatic rings. The average Bonchev–Trinajstić information content (AvgIpc) is 2.47. The standard InChI is InChI=1S/C12H20N4O6/c1-3-4-13-9(18)7-16(2)10(19)6-14-8(17)5-15-11(20)12(21)22/h3-7H2,1-2H3,(H,13,18)(H,14,17)(H,15,20)(H,21,22). The lowest BCUT2D eigenvalue weighted by molar-refractivity contribution is -0.150. The number of hydrogen-bond acceptors (Lipinski definition) is 5. The smallest absolute Gasteiger partial charge is 0.394 e. The zero-order valence-electron chi connectivity index (χ0n) is 12.5. The fourth-order valence-corrected chi connectivity index (χ4v) is 1.23. The molecule has 124 valence electrons. The van der Waals surface area contributed by atoms with Crippen LogP contribution < -0.4 is 16.0 Å². The van der Waals surface area contributed by atoms with E-state index in [0.717, 1.165) is 11.3 Å². The van der Waals surface area contributed by atoms with Gasteiger partial charge in [-0.2, -0.15) is 0 Å². The normalized spacial score (nSPS) is 9.55. The Balaban J connectivity index is 4.00. The van der Waals surface area contributed by atoms with Crippen molar-refractivity contribution in [3.8, 4) is 0 Å². The summed E-state index contributed by atoms with van der Waals surface area (Å²) >= 11 is 0. The summed E-state index contributed by atoms with van der Waals surface area (Å²) in [5.41, 5.74) is 0. The first-order valence-electron chi connectivity index (χ1n) is 6.56. The molecule has 0 unspecified atom stereocenters. The third kappa shape index (κ3) is 8.51. The number of carboxylic acids is 1. The quantitative estimate of drug-likeness (QED) is 0.358. The van der Waals surface area contributed by atoms with Crippen LogP contribution in [0.15, 0.2) is 0 Å². The highest BCUT2D eigenvalue weighted by molar-refractivity contribution is 6.31. The van der Waals surface area contributed by atoms with E-state index < -0.39 is 30.2 Å². The molecule has 0 rings (SSSR count). The van der Waals surface area contributed by atoms with Gasteiger partial charge >= 0.3 is 11.9 Å². The fourth-order valence-electron chi connectivity index (χ4n) is 1.23. The van der Waals surface area contributed by atoms with Crippen molar-refractivity contribution in [2.75, 3.05) is 33.2 Å². The van der Waals surface area contributed by atoms with E-state index in [1.807, 2.05) is 12.2 Å². The summed E-state index contributed by atoms with van der Waals surface area (Å²) in [7, 11) is 1.41. The number of carbonyl (C=O) groups is 5. The summed E-state index contributed by atoms with van der Waals surface area (Å²) < 4.78 is 0. The molecule has 0 saturated heterocycles. The second-order valence-electron chi connectivity index (χ2n) is 4.36. The zero-order valence-corrected chi connectivity index (χ0v) is 12.5. The Morgan fingerprint density at radius 2 is 1.59 bits per heavy atom. The third-order valence-corrected chi connectivity index (χ3v) is 2.42. The predicted molar refractivity (Wildman–Crippen MR) is 74.6 cm³/mol. The first-order chi connectivity index (χ1) is 10.3. The van der Waals surface area contributed by atoms with Crippen molar-refractivity contribution < 1.29 is 29.1 Å². The van der Waals surface area contributed by atoms with Crippen molar-refractivity contribution in [3.05, 3.63) is 0 Å². The monoisotopic (exact) mass is 316 g/mol. The van der Waals surface area contributed by atoms with Crippen molar-refractivity contribution in [2.24, 2.45) is 0 Å². The van der Waals surface area contributed by atoms with Crippen LogP contribution in [-0.2, 0) is 24.0 Å². The van der Waals surface area contributed by atoms with E-state index in [0.29, 0.717) is 6.54 Å². The van der Waals surface area contributed by atoms with Crippen molar-refractivity contribution in [1.29, 1.82) is 0 Å². The topological polar surface area (TPSA) is 145 Å². The highest BCUT2D eigenvalue weighted by Crippen LogP contribution is 1.84. The molecule has 4 N–H and O–H groups in total. The van der Waals surface area contributed by atoms with Crippen LogP contribution in [0.4, 0.5) is 0 Å². The molecule has 0 heterocycles. The Labute approximate surface area is 127 Å². The van der Waals surface area contributed by atoms with E-state index >= 15 is 0 Å². The Hall–Kier alpha value is -2.65. The van der Waals surface area contributed by atoms with Gasteiger partial charge in [-0.25, -0.2) is 4.79 Å². The van der Waals surface area contributed by atoms with Crippen LogP contribution in [0.5, 0.6) is 0 Å². The second kappa shape index (κ2) is 10.1. The molecule has 0 aromatic carbocycles. The van der Waals surface area contributed by atoms with Crippen LogP contribution in [0.2, 0.25) is 0 Å². The van der Waals surface area contributed by atoms with Gasteiger partial charge in [-0.1, -0.05) is 6.92 Å². The first-order valence-corrected chi connectivity index (χ1v) is 6.56. The van der Waals surface area contributed by atoms with Gasteiger partial charge in [0.25, 0.3) is 0 Å². The van der Waals surface area contributed by atoms with Gasteiger partial charge in [0, 0.05) is 13.6 Å². The van der Waals surface area contributed by atoms with Crippen molar-refractivity contribution >= 4 is 29.6 Å². The van der Waals surface area contributed by atoms with Gasteiger partial charge in [0.15, 0.2) is 0 Å². The molecule has 0 aliphatic heterocycles. The lowest BCUT2D eigenvalue weighted by Crippen LogP contribution is -2.45. The van der Waals surface area contributed by atoms with Gasteiger partial charge in [0.05, 0.1) is 19.6 Å². The van der Waals surface area contributed by atoms with Crippen LogP contribution in [0, 0.1) is 0 Å². The van der Waals surface area contributed by atoms with Gasteiger partial charge in [0.2, 0.25) is 17.7 Å². The number of amides is 4. The molecule has 4 amide bonds. The summed E-state index contributed by atoms with van der Waals surface area (Å²) in [6.45, 7) is 1.36. The second-order valence-corrected chi connectivity index (χ2v) is 4.36. The van der Waals surface area contributed by atoms with E-state index in [4.69, 9.17) is 5.11 Å². The first kappa shape index (κ1) is 19.4. The number of nitrogens with zero attached hydrogens (tertiary/aromatic N) is 1. The molecule has 0 atom stereocenters. The van der Waals surface area contributed by atoms with Crippen LogP contribution >= 0.6 is 0 Å². The van der Waals surface area contributed by atoms with Crippen LogP contribution in [0.3, 0.4) is 0 Å². The summed E-state index contributed by atoms with van der Waals surface area (Å²) in [4.78, 5) is 56.4. The Morgan fingerprint density at radius 3 is 2.14 bits per heavy atom. The molecular weight excluding hydrogens is 296 g/mol. The minimum Gasteiger partial charge on any atom is -0.474 e. The van der Waals surface area contributed by atoms with Crippen LogP contribution in [0.25, 0.3) is 0 Å². The number of hydrogen-bond donors (Lipinski definition) is 4. The minimum absolute atomic E-state index is 0.134. The molecule has 0 radical (unpaired) electrons. The van der Waals surface area contributed by atoms with E-state index in [-0.39, 0.29) is 19.0 Å². The lowest BCUT2D eigenvalue weighted by atomic mass is 10.4. The third-order valence-electron chi connectivity index (χ3n) is 2.42. The molecule has 10 heteroatoms. The molecule has 0 bridgehead atoms. The number of rotatable bonds is 8. The fraction of sp³-hybridized carbons (Fsp3) is 0.583. The molecule has 0 saturated carbocycles. The highest BCUT2D eigenvalue weighted by Gasteiger charge is 2.15. The summed E-state index contributed by atoms with van der Waals surface area (Å²) in [6, 6.07) is 0. The van der Waals surface area contributed by atoms with E-state index in [1.165, 1.54) is 7.05 Å². The number of carboxylic acid groups (broad SMARTS) is 1. The maximum absolute atomic E-state index is 11.7. The molecule has 10 nitrogen and oxygen atoms in total. The maximum Gasteiger partial charge on any atom is 0.394 e. The Bertz CT molecular complexity index is 451. The van der Waals surface area contributed by atoms with Gasteiger partial charge in [-0.15, -0.1) is 0 Å². The number of likely N-dealkylation sites (N-methyl/N-ethyl adjacent to an activating group) is 1. The predicted octanol–water partition coefficient (Wildman–Crippen LogP) is -2.71. The molecule has 22 heavy (non-hydrogen) atoms. The van der Waals surface area contributed by atoms with Crippen molar-refractivity contribution in [1.82, 2.24) is 20.9 Å². The summed E-state index contributed by atoms with van der Waals surface area (Å²) in [6.07, 6.45) is 0.779. The van der Waals surface area contributed by atoms with Gasteiger partial charge in [0.1, 0.15) is 0 Å². The van der Waals surface area contributed by atoms with Gasteiger partial charge in [-0.05, 0) is 6.42 Å². The molecule has 0 aliphatic carbocycles. The largest absolute Gasteiger partial charge is 0.474 e. The summed E-state index contributed by atoms with van der Waals surface area (Å²) in [5, 5.41) is 14.9. The maximum atomic E-state index is 11.7. The number of carbonyl (C=O) groups excluding carboxylic acids is 4. The van der Waals surface area contributed by atoms with E-state index in [1.54, 1.807) is 0 Å². The van der Waals surface area contributed by atoms with Crippen molar-refractivity contribution in [3.63, 3.8) is 0 Å². The molecule has 0 aromatic heterocycles. The van der Waals surface area contributed by atoms with Gasteiger partial charge < -0.3 is 26.0 Å².